The number of aryl methyl sites for hydroxylation is 1. The van der Waals surface area contributed by atoms with Crippen LogP contribution in [0.15, 0.2) is 24.3 Å². The molecular formula is C18H24N2O2. The van der Waals surface area contributed by atoms with Crippen LogP contribution in [0.4, 0.5) is 5.69 Å². The number of hydrogen-bond donors (Lipinski definition) is 1. The van der Waals surface area contributed by atoms with Crippen LogP contribution in [0.5, 0.6) is 0 Å². The van der Waals surface area contributed by atoms with Crippen molar-refractivity contribution in [1.29, 1.82) is 0 Å². The van der Waals surface area contributed by atoms with Crippen molar-refractivity contribution in [3.63, 3.8) is 0 Å². The normalized spacial score (nSPS) is 27.4. The Labute approximate surface area is 131 Å². The first kappa shape index (κ1) is 15.1. The number of nitrogens with zero attached hydrogens (tertiary/aromatic N) is 1. The molecule has 4 nitrogen and oxygen atoms in total. The van der Waals surface area contributed by atoms with E-state index in [1.165, 1.54) is 6.42 Å². The topological polar surface area (TPSA) is 49.4 Å². The van der Waals surface area contributed by atoms with Gasteiger partial charge in [0.2, 0.25) is 11.8 Å². The highest BCUT2D eigenvalue weighted by Crippen LogP contribution is 2.41. The van der Waals surface area contributed by atoms with Crippen LogP contribution in [0.1, 0.15) is 31.7 Å². The molecule has 0 aromatic heterocycles. The summed E-state index contributed by atoms with van der Waals surface area (Å²) in [6.07, 6.45) is 2.98. The summed E-state index contributed by atoms with van der Waals surface area (Å²) in [6.45, 7) is 5.89. The molecule has 3 unspecified atom stereocenters. The van der Waals surface area contributed by atoms with Gasteiger partial charge in [-0.25, -0.2) is 0 Å². The molecule has 1 N–H and O–H groups in total. The van der Waals surface area contributed by atoms with Crippen LogP contribution in [0.2, 0.25) is 0 Å². The Bertz CT molecular complexity index is 584. The summed E-state index contributed by atoms with van der Waals surface area (Å²) in [5, 5.41) is 2.93. The molecule has 2 fully saturated rings. The lowest BCUT2D eigenvalue weighted by Gasteiger charge is -2.31. The first-order valence-corrected chi connectivity index (χ1v) is 8.21. The predicted octanol–water partition coefficient (Wildman–Crippen LogP) is 2.83. The van der Waals surface area contributed by atoms with Crippen LogP contribution in [0.25, 0.3) is 0 Å². The lowest BCUT2D eigenvalue weighted by Crippen LogP contribution is -2.40. The molecule has 1 saturated heterocycles. The van der Waals surface area contributed by atoms with E-state index in [2.05, 4.69) is 12.2 Å². The number of piperidine rings is 1. The zero-order valence-electron chi connectivity index (χ0n) is 13.3. The van der Waals surface area contributed by atoms with E-state index in [-0.39, 0.29) is 23.7 Å². The second-order valence-corrected chi connectivity index (χ2v) is 6.84. The van der Waals surface area contributed by atoms with Crippen molar-refractivity contribution in [2.45, 2.75) is 33.1 Å². The SMILES string of the molecule is Cc1cccc(NC(=O)C2CC2C(=O)N2CCCC(C)C2)c1. The molecule has 1 aromatic carbocycles. The van der Waals surface area contributed by atoms with Gasteiger partial charge in [-0.1, -0.05) is 19.1 Å². The number of amides is 2. The summed E-state index contributed by atoms with van der Waals surface area (Å²) in [5.41, 5.74) is 1.93. The quantitative estimate of drug-likeness (QED) is 0.933. The molecule has 1 heterocycles. The van der Waals surface area contributed by atoms with Gasteiger partial charge in [0.05, 0.1) is 11.8 Å². The Morgan fingerprint density at radius 3 is 2.82 bits per heavy atom. The van der Waals surface area contributed by atoms with E-state index in [1.807, 2.05) is 36.1 Å². The standard InChI is InChI=1S/C18H24N2O2/c1-12-5-3-7-14(9-12)19-17(21)15-10-16(15)18(22)20-8-4-6-13(2)11-20/h3,5,7,9,13,15-16H,4,6,8,10-11H2,1-2H3,(H,19,21). The predicted molar refractivity (Wildman–Crippen MR) is 86.4 cm³/mol. The van der Waals surface area contributed by atoms with E-state index in [4.69, 9.17) is 0 Å². The number of likely N-dealkylation sites (tertiary alicyclic amines) is 1. The number of anilines is 1. The molecule has 0 spiro atoms. The molecule has 3 atom stereocenters. The van der Waals surface area contributed by atoms with Gasteiger partial charge in [0.1, 0.15) is 0 Å². The maximum absolute atomic E-state index is 12.5. The van der Waals surface area contributed by atoms with E-state index in [1.54, 1.807) is 0 Å². The number of carbonyl (C=O) groups excluding carboxylic acids is 2. The highest BCUT2D eigenvalue weighted by molar-refractivity contribution is 5.99. The highest BCUT2D eigenvalue weighted by Gasteiger charge is 2.49. The summed E-state index contributed by atoms with van der Waals surface area (Å²) in [5.74, 6) is 0.487. The largest absolute Gasteiger partial charge is 0.342 e. The minimum atomic E-state index is -0.148. The second-order valence-electron chi connectivity index (χ2n) is 6.84. The van der Waals surface area contributed by atoms with E-state index in [0.717, 1.165) is 30.8 Å². The Kier molecular flexibility index (Phi) is 4.19. The molecular weight excluding hydrogens is 276 g/mol. The summed E-state index contributed by atoms with van der Waals surface area (Å²) < 4.78 is 0. The Hall–Kier alpha value is -1.84. The van der Waals surface area contributed by atoms with Crippen molar-refractivity contribution in [3.8, 4) is 0 Å². The zero-order valence-corrected chi connectivity index (χ0v) is 13.3. The fraction of sp³-hybridized carbons (Fsp3) is 0.556. The van der Waals surface area contributed by atoms with Crippen molar-refractivity contribution >= 4 is 17.5 Å². The van der Waals surface area contributed by atoms with Gasteiger partial charge in [-0.2, -0.15) is 0 Å². The molecule has 3 rings (SSSR count). The third-order valence-corrected chi connectivity index (χ3v) is 4.70. The smallest absolute Gasteiger partial charge is 0.228 e. The first-order valence-electron chi connectivity index (χ1n) is 8.21. The maximum atomic E-state index is 12.5. The number of hydrogen-bond acceptors (Lipinski definition) is 2. The summed E-state index contributed by atoms with van der Waals surface area (Å²) in [6, 6.07) is 7.76. The second kappa shape index (κ2) is 6.11. The van der Waals surface area contributed by atoms with Crippen LogP contribution in [0, 0.1) is 24.7 Å². The summed E-state index contributed by atoms with van der Waals surface area (Å²) in [4.78, 5) is 26.7. The molecule has 1 aromatic rings. The van der Waals surface area contributed by atoms with Crippen molar-refractivity contribution in [3.05, 3.63) is 29.8 Å². The monoisotopic (exact) mass is 300 g/mol. The van der Waals surface area contributed by atoms with E-state index < -0.39 is 0 Å². The molecule has 4 heteroatoms. The highest BCUT2D eigenvalue weighted by atomic mass is 16.2. The molecule has 1 saturated carbocycles. The van der Waals surface area contributed by atoms with Gasteiger partial charge >= 0.3 is 0 Å². The van der Waals surface area contributed by atoms with Gasteiger partial charge in [-0.05, 0) is 49.8 Å². The Morgan fingerprint density at radius 1 is 1.27 bits per heavy atom. The summed E-state index contributed by atoms with van der Waals surface area (Å²) in [7, 11) is 0. The fourth-order valence-corrected chi connectivity index (χ4v) is 3.34. The number of carbonyl (C=O) groups is 2. The van der Waals surface area contributed by atoms with Crippen molar-refractivity contribution in [1.82, 2.24) is 4.90 Å². The van der Waals surface area contributed by atoms with Gasteiger partial charge < -0.3 is 10.2 Å². The van der Waals surface area contributed by atoms with Gasteiger partial charge in [-0.15, -0.1) is 0 Å². The minimum Gasteiger partial charge on any atom is -0.342 e. The van der Waals surface area contributed by atoms with Crippen LogP contribution in [0.3, 0.4) is 0 Å². The van der Waals surface area contributed by atoms with Crippen LogP contribution in [-0.2, 0) is 9.59 Å². The third-order valence-electron chi connectivity index (χ3n) is 4.70. The van der Waals surface area contributed by atoms with E-state index >= 15 is 0 Å². The van der Waals surface area contributed by atoms with E-state index in [0.29, 0.717) is 12.3 Å². The summed E-state index contributed by atoms with van der Waals surface area (Å²) >= 11 is 0. The van der Waals surface area contributed by atoms with Gasteiger partial charge in [-0.3, -0.25) is 9.59 Å². The lowest BCUT2D eigenvalue weighted by atomic mass is 10.00. The minimum absolute atomic E-state index is 0.0194. The molecule has 22 heavy (non-hydrogen) atoms. The van der Waals surface area contributed by atoms with Gasteiger partial charge in [0.15, 0.2) is 0 Å². The Balaban J connectivity index is 1.55. The van der Waals surface area contributed by atoms with Crippen LogP contribution >= 0.6 is 0 Å². The average molecular weight is 300 g/mol. The first-order chi connectivity index (χ1) is 10.5. The lowest BCUT2D eigenvalue weighted by molar-refractivity contribution is -0.135. The third kappa shape index (κ3) is 3.32. The molecule has 1 aliphatic carbocycles. The zero-order chi connectivity index (χ0) is 15.7. The van der Waals surface area contributed by atoms with Crippen molar-refractivity contribution in [2.24, 2.45) is 17.8 Å². The van der Waals surface area contributed by atoms with Crippen LogP contribution < -0.4 is 5.32 Å². The molecule has 2 aliphatic rings. The van der Waals surface area contributed by atoms with E-state index in [9.17, 15) is 9.59 Å². The number of nitrogens with one attached hydrogen (secondary N) is 1. The van der Waals surface area contributed by atoms with Crippen molar-refractivity contribution < 1.29 is 9.59 Å². The molecule has 2 amide bonds. The average Bonchev–Trinajstić information content (AvgIpc) is 3.27. The molecule has 118 valence electrons. The van der Waals surface area contributed by atoms with Crippen molar-refractivity contribution in [2.75, 3.05) is 18.4 Å². The molecule has 1 aliphatic heterocycles. The van der Waals surface area contributed by atoms with Gasteiger partial charge in [0.25, 0.3) is 0 Å². The molecule has 0 bridgehead atoms. The molecule has 0 radical (unpaired) electrons. The number of rotatable bonds is 3. The Morgan fingerprint density at radius 2 is 2.09 bits per heavy atom. The maximum Gasteiger partial charge on any atom is 0.228 e. The number of benzene rings is 1. The fourth-order valence-electron chi connectivity index (χ4n) is 3.34. The van der Waals surface area contributed by atoms with Crippen LogP contribution in [-0.4, -0.2) is 29.8 Å². The van der Waals surface area contributed by atoms with Gasteiger partial charge in [0, 0.05) is 18.8 Å².